The van der Waals surface area contributed by atoms with E-state index in [1.807, 2.05) is 37.3 Å². The van der Waals surface area contributed by atoms with Crippen molar-refractivity contribution in [2.24, 2.45) is 0 Å². The van der Waals surface area contributed by atoms with Crippen molar-refractivity contribution < 1.29 is 9.90 Å². The Labute approximate surface area is 110 Å². The van der Waals surface area contributed by atoms with Crippen molar-refractivity contribution in [1.82, 2.24) is 14.8 Å². The van der Waals surface area contributed by atoms with Crippen LogP contribution in [0.15, 0.2) is 30.3 Å². The van der Waals surface area contributed by atoms with Gasteiger partial charge in [-0.3, -0.25) is 4.57 Å². The van der Waals surface area contributed by atoms with Crippen molar-refractivity contribution in [3.8, 4) is 0 Å². The van der Waals surface area contributed by atoms with Crippen LogP contribution in [0.1, 0.15) is 30.1 Å². The van der Waals surface area contributed by atoms with Gasteiger partial charge in [-0.05, 0) is 25.3 Å². The SMILES string of the molecule is Cc1nnc(Cc2ccccc2)n1C1(C(=O)O)CC1. The molecule has 2 aromatic rings. The van der Waals surface area contributed by atoms with Crippen LogP contribution in [0.2, 0.25) is 0 Å². The molecule has 98 valence electrons. The van der Waals surface area contributed by atoms with E-state index >= 15 is 0 Å². The van der Waals surface area contributed by atoms with Gasteiger partial charge in [0.05, 0.1) is 0 Å². The van der Waals surface area contributed by atoms with Gasteiger partial charge in [-0.25, -0.2) is 4.79 Å². The second-order valence-corrected chi connectivity index (χ2v) is 5.00. The zero-order valence-corrected chi connectivity index (χ0v) is 10.7. The summed E-state index contributed by atoms with van der Waals surface area (Å²) in [7, 11) is 0. The molecule has 0 bridgehead atoms. The summed E-state index contributed by atoms with van der Waals surface area (Å²) >= 11 is 0. The number of hydrogen-bond donors (Lipinski definition) is 1. The van der Waals surface area contributed by atoms with E-state index < -0.39 is 11.5 Å². The molecule has 0 amide bonds. The lowest BCUT2D eigenvalue weighted by molar-refractivity contribution is -0.142. The number of carboxylic acid groups (broad SMARTS) is 1. The first-order chi connectivity index (χ1) is 9.13. The Morgan fingerprint density at radius 3 is 2.58 bits per heavy atom. The standard InChI is InChI=1S/C14H15N3O2/c1-10-15-16-12(9-11-5-3-2-4-6-11)17(10)14(7-8-14)13(18)19/h2-6H,7-9H2,1H3,(H,18,19). The van der Waals surface area contributed by atoms with Crippen LogP contribution in [-0.4, -0.2) is 25.8 Å². The van der Waals surface area contributed by atoms with Crippen LogP contribution in [0.25, 0.3) is 0 Å². The number of nitrogens with zero attached hydrogens (tertiary/aromatic N) is 3. The largest absolute Gasteiger partial charge is 0.479 e. The van der Waals surface area contributed by atoms with Gasteiger partial charge < -0.3 is 5.11 Å². The number of hydrogen-bond acceptors (Lipinski definition) is 3. The minimum Gasteiger partial charge on any atom is -0.479 e. The number of carbonyl (C=O) groups is 1. The van der Waals surface area contributed by atoms with E-state index in [9.17, 15) is 9.90 Å². The molecule has 5 heteroatoms. The maximum Gasteiger partial charge on any atom is 0.329 e. The first-order valence-corrected chi connectivity index (χ1v) is 6.32. The average molecular weight is 257 g/mol. The summed E-state index contributed by atoms with van der Waals surface area (Å²) in [6.45, 7) is 1.81. The molecule has 1 fully saturated rings. The molecule has 0 aliphatic heterocycles. The predicted octanol–water partition coefficient (Wildman–Crippen LogP) is 1.75. The quantitative estimate of drug-likeness (QED) is 0.906. The van der Waals surface area contributed by atoms with Gasteiger partial charge in [0.1, 0.15) is 17.2 Å². The summed E-state index contributed by atoms with van der Waals surface area (Å²) in [5, 5.41) is 17.6. The summed E-state index contributed by atoms with van der Waals surface area (Å²) in [6, 6.07) is 9.91. The van der Waals surface area contributed by atoms with E-state index in [-0.39, 0.29) is 0 Å². The van der Waals surface area contributed by atoms with Crippen molar-refractivity contribution in [2.45, 2.75) is 31.7 Å². The maximum absolute atomic E-state index is 11.5. The molecule has 1 aromatic carbocycles. The van der Waals surface area contributed by atoms with Crippen LogP contribution in [0.3, 0.4) is 0 Å². The summed E-state index contributed by atoms with van der Waals surface area (Å²) in [4.78, 5) is 11.5. The molecule has 1 aliphatic rings. The third-order valence-corrected chi connectivity index (χ3v) is 3.65. The molecule has 1 aliphatic carbocycles. The van der Waals surface area contributed by atoms with Crippen LogP contribution < -0.4 is 0 Å². The van der Waals surface area contributed by atoms with E-state index in [0.717, 1.165) is 11.4 Å². The zero-order valence-electron chi connectivity index (χ0n) is 10.7. The van der Waals surface area contributed by atoms with Gasteiger partial charge in [-0.2, -0.15) is 0 Å². The highest BCUT2D eigenvalue weighted by Crippen LogP contribution is 2.45. The van der Waals surface area contributed by atoms with Gasteiger partial charge in [0.15, 0.2) is 0 Å². The fraction of sp³-hybridized carbons (Fsp3) is 0.357. The van der Waals surface area contributed by atoms with E-state index in [1.165, 1.54) is 0 Å². The van der Waals surface area contributed by atoms with Gasteiger partial charge in [0.25, 0.3) is 0 Å². The second-order valence-electron chi connectivity index (χ2n) is 5.00. The number of aryl methyl sites for hydroxylation is 1. The highest BCUT2D eigenvalue weighted by atomic mass is 16.4. The molecule has 1 aromatic heterocycles. The van der Waals surface area contributed by atoms with Crippen LogP contribution in [0.5, 0.6) is 0 Å². The lowest BCUT2D eigenvalue weighted by atomic mass is 10.1. The molecule has 19 heavy (non-hydrogen) atoms. The van der Waals surface area contributed by atoms with E-state index in [0.29, 0.717) is 25.1 Å². The van der Waals surface area contributed by atoms with E-state index in [4.69, 9.17) is 0 Å². The summed E-state index contributed by atoms with van der Waals surface area (Å²) in [5.74, 6) is 0.610. The molecule has 1 N–H and O–H groups in total. The molecule has 1 heterocycles. The Bertz CT molecular complexity index is 615. The van der Waals surface area contributed by atoms with Crippen LogP contribution in [0.4, 0.5) is 0 Å². The van der Waals surface area contributed by atoms with Crippen molar-refractivity contribution in [3.63, 3.8) is 0 Å². The molecule has 0 atom stereocenters. The number of rotatable bonds is 4. The first-order valence-electron chi connectivity index (χ1n) is 6.32. The molecule has 0 spiro atoms. The highest BCUT2D eigenvalue weighted by molar-refractivity contribution is 5.80. The van der Waals surface area contributed by atoms with Crippen molar-refractivity contribution >= 4 is 5.97 Å². The van der Waals surface area contributed by atoms with Crippen LogP contribution >= 0.6 is 0 Å². The van der Waals surface area contributed by atoms with Crippen LogP contribution in [0, 0.1) is 6.92 Å². The first kappa shape index (κ1) is 11.9. The smallest absolute Gasteiger partial charge is 0.329 e. The monoisotopic (exact) mass is 257 g/mol. The Kier molecular flexibility index (Phi) is 2.62. The molecule has 0 unspecified atom stereocenters. The highest BCUT2D eigenvalue weighted by Gasteiger charge is 2.54. The van der Waals surface area contributed by atoms with Gasteiger partial charge in [0, 0.05) is 6.42 Å². The van der Waals surface area contributed by atoms with Gasteiger partial charge in [-0.1, -0.05) is 30.3 Å². The fourth-order valence-electron chi connectivity index (χ4n) is 2.51. The Morgan fingerprint density at radius 2 is 2.00 bits per heavy atom. The zero-order chi connectivity index (χ0) is 13.5. The topological polar surface area (TPSA) is 68.0 Å². The van der Waals surface area contributed by atoms with E-state index in [1.54, 1.807) is 4.57 Å². The molecular formula is C14H15N3O2. The molecule has 0 radical (unpaired) electrons. The van der Waals surface area contributed by atoms with E-state index in [2.05, 4.69) is 10.2 Å². The third-order valence-electron chi connectivity index (χ3n) is 3.65. The third kappa shape index (κ3) is 1.91. The number of aliphatic carboxylic acids is 1. The van der Waals surface area contributed by atoms with Gasteiger partial charge >= 0.3 is 5.97 Å². The van der Waals surface area contributed by atoms with Crippen molar-refractivity contribution in [2.75, 3.05) is 0 Å². The minimum absolute atomic E-state index is 0.608. The van der Waals surface area contributed by atoms with Crippen molar-refractivity contribution in [1.29, 1.82) is 0 Å². The second kappa shape index (κ2) is 4.19. The Hall–Kier alpha value is -2.17. The maximum atomic E-state index is 11.5. The Balaban J connectivity index is 1.98. The van der Waals surface area contributed by atoms with Gasteiger partial charge in [-0.15, -0.1) is 10.2 Å². The lowest BCUT2D eigenvalue weighted by Gasteiger charge is -2.16. The molecule has 1 saturated carbocycles. The summed E-state index contributed by atoms with van der Waals surface area (Å²) in [6.07, 6.45) is 1.92. The molecule has 3 rings (SSSR count). The molecule has 5 nitrogen and oxygen atoms in total. The van der Waals surface area contributed by atoms with Crippen molar-refractivity contribution in [3.05, 3.63) is 47.5 Å². The van der Waals surface area contributed by atoms with Gasteiger partial charge in [0.2, 0.25) is 0 Å². The summed E-state index contributed by atoms with van der Waals surface area (Å²) < 4.78 is 1.79. The molecular weight excluding hydrogens is 242 g/mol. The fourth-order valence-corrected chi connectivity index (χ4v) is 2.51. The average Bonchev–Trinajstić information content (AvgIpc) is 3.12. The summed E-state index contributed by atoms with van der Waals surface area (Å²) in [5.41, 5.74) is 0.301. The lowest BCUT2D eigenvalue weighted by Crippen LogP contribution is -2.30. The number of aromatic nitrogens is 3. The number of benzene rings is 1. The minimum atomic E-state index is -0.808. The van der Waals surface area contributed by atoms with Crippen LogP contribution in [-0.2, 0) is 16.8 Å². The number of carboxylic acids is 1. The molecule has 0 saturated heterocycles. The Morgan fingerprint density at radius 1 is 1.32 bits per heavy atom. The predicted molar refractivity (Wildman–Crippen MR) is 68.9 cm³/mol. The normalized spacial score (nSPS) is 16.3.